The van der Waals surface area contributed by atoms with Gasteiger partial charge >= 0.3 is 0 Å². The van der Waals surface area contributed by atoms with Gasteiger partial charge < -0.3 is 60.4 Å². The van der Waals surface area contributed by atoms with Gasteiger partial charge in [-0.25, -0.2) is 0 Å². The monoisotopic (exact) mass is 814 g/mol. The molecule has 58 heavy (non-hydrogen) atoms. The Morgan fingerprint density at radius 2 is 0.931 bits per heavy atom. The van der Waals surface area contributed by atoms with Crippen LogP contribution in [0.1, 0.15) is 58.3 Å². The van der Waals surface area contributed by atoms with E-state index in [0.29, 0.717) is 35.6 Å². The Balaban J connectivity index is 1.90. The number of hydrogen-bond acceptors (Lipinski definition) is 12. The van der Waals surface area contributed by atoms with Crippen molar-refractivity contribution in [1.82, 2.24) is 21.3 Å². The van der Waals surface area contributed by atoms with Crippen molar-refractivity contribution in [2.75, 3.05) is 84.1 Å². The molecule has 2 aromatic carbocycles. The number of benzene rings is 2. The molecule has 2 rings (SSSR count). The van der Waals surface area contributed by atoms with E-state index in [1.165, 1.54) is 0 Å². The number of amides is 6. The number of rotatable bonds is 31. The van der Waals surface area contributed by atoms with Crippen LogP contribution in [-0.2, 0) is 47.8 Å². The van der Waals surface area contributed by atoms with Gasteiger partial charge in [0.2, 0.25) is 35.4 Å². The Morgan fingerprint density at radius 3 is 1.29 bits per heavy atom. The van der Waals surface area contributed by atoms with E-state index >= 15 is 0 Å². The fourth-order valence-corrected chi connectivity index (χ4v) is 5.08. The van der Waals surface area contributed by atoms with E-state index in [4.69, 9.17) is 23.7 Å². The molecule has 0 heterocycles. The first-order valence-corrected chi connectivity index (χ1v) is 19.2. The van der Waals surface area contributed by atoms with Crippen LogP contribution in [0.25, 0.3) is 0 Å². The van der Waals surface area contributed by atoms with Gasteiger partial charge in [-0.05, 0) is 55.0 Å². The number of ether oxygens (including phenoxy) is 5. The molecule has 0 fully saturated rings. The predicted octanol–water partition coefficient (Wildman–Crippen LogP) is 1.87. The highest BCUT2D eigenvalue weighted by Crippen LogP contribution is 2.16. The number of aldehydes is 1. The van der Waals surface area contributed by atoms with E-state index in [1.54, 1.807) is 62.8 Å². The van der Waals surface area contributed by atoms with E-state index in [1.807, 2.05) is 6.92 Å². The molecule has 0 spiro atoms. The molecule has 0 saturated carbocycles. The molecule has 0 radical (unpaired) electrons. The van der Waals surface area contributed by atoms with Crippen LogP contribution in [0.3, 0.4) is 0 Å². The van der Waals surface area contributed by atoms with Crippen molar-refractivity contribution in [3.63, 3.8) is 0 Å². The van der Waals surface area contributed by atoms with Gasteiger partial charge in [0.1, 0.15) is 23.3 Å². The van der Waals surface area contributed by atoms with Crippen molar-refractivity contribution < 1.29 is 57.2 Å². The summed E-state index contributed by atoms with van der Waals surface area (Å²) in [4.78, 5) is 85.2. The first-order chi connectivity index (χ1) is 28.0. The highest BCUT2D eigenvalue weighted by Gasteiger charge is 2.34. The summed E-state index contributed by atoms with van der Waals surface area (Å²) in [5.41, 5.74) is -0.0686. The summed E-state index contributed by atoms with van der Waals surface area (Å²) in [5.74, 6) is -0.571. The lowest BCUT2D eigenvalue weighted by atomic mass is 10.0. The van der Waals surface area contributed by atoms with Gasteiger partial charge in [0.25, 0.3) is 0 Å². The third kappa shape index (κ3) is 21.6. The van der Waals surface area contributed by atoms with Gasteiger partial charge in [-0.15, -0.1) is 0 Å². The van der Waals surface area contributed by atoms with Crippen molar-refractivity contribution in [1.29, 1.82) is 0 Å². The smallest absolute Gasteiger partial charge is 0.226 e. The minimum absolute atomic E-state index is 0.00383. The second-order valence-corrected chi connectivity index (χ2v) is 13.0. The predicted molar refractivity (Wildman–Crippen MR) is 214 cm³/mol. The van der Waals surface area contributed by atoms with Gasteiger partial charge in [-0.3, -0.25) is 28.8 Å². The first kappa shape index (κ1) is 48.6. The Morgan fingerprint density at radius 1 is 0.534 bits per heavy atom. The molecule has 0 saturated heterocycles. The number of carbonyl (C=O) groups excluding carboxylic acids is 7. The molecular formula is C40H58N6O12. The average Bonchev–Trinajstić information content (AvgIpc) is 3.20. The molecular weight excluding hydrogens is 756 g/mol. The molecule has 0 aliphatic heterocycles. The molecule has 0 aliphatic carbocycles. The van der Waals surface area contributed by atoms with Gasteiger partial charge in [0, 0.05) is 76.0 Å². The molecule has 18 heteroatoms. The Labute approximate surface area is 339 Å². The fourth-order valence-electron chi connectivity index (χ4n) is 5.08. The van der Waals surface area contributed by atoms with Crippen LogP contribution in [-0.4, -0.2) is 121 Å². The Hall–Kier alpha value is -5.59. The summed E-state index contributed by atoms with van der Waals surface area (Å²) >= 11 is 0. The number of nitrogens with one attached hydrogen (secondary N) is 6. The van der Waals surface area contributed by atoms with Crippen LogP contribution in [0.2, 0.25) is 0 Å². The zero-order valence-electron chi connectivity index (χ0n) is 33.6. The van der Waals surface area contributed by atoms with Crippen molar-refractivity contribution in [3.05, 3.63) is 48.5 Å². The fraction of sp³-hybridized carbons (Fsp3) is 0.525. The molecule has 2 aromatic rings. The molecule has 6 amide bonds. The molecule has 0 aromatic heterocycles. The molecule has 0 unspecified atom stereocenters. The maximum Gasteiger partial charge on any atom is 0.226 e. The second kappa shape index (κ2) is 28.7. The van der Waals surface area contributed by atoms with Crippen LogP contribution in [0, 0.1) is 0 Å². The Bertz CT molecular complexity index is 1490. The zero-order valence-corrected chi connectivity index (χ0v) is 33.6. The lowest BCUT2D eigenvalue weighted by molar-refractivity contribution is -0.130. The number of anilines is 2. The standard InChI is InChI=1S/C40H58N6O12/c1-4-6-39(53)46-40(27-56-24-17-34(48)41-20-5-23-47,28-57-25-18-35(49)42-21-15-37(51)44-30-7-11-32(54-2)12-8-30)29-58-26-19-36(50)43-22-16-38(52)45-31-9-13-33(55-3)14-10-31/h7-14,23H,4-6,15-22,24-29H2,1-3H3,(H,41,48)(H,42,49)(H,43,50)(H,44,51)(H,45,52)(H,46,53). The second-order valence-electron chi connectivity index (χ2n) is 13.0. The lowest BCUT2D eigenvalue weighted by Gasteiger charge is -2.34. The maximum absolute atomic E-state index is 12.9. The molecule has 18 nitrogen and oxygen atoms in total. The highest BCUT2D eigenvalue weighted by molar-refractivity contribution is 5.92. The summed E-state index contributed by atoms with van der Waals surface area (Å²) in [6.07, 6.45) is 1.65. The van der Waals surface area contributed by atoms with Gasteiger partial charge in [-0.2, -0.15) is 0 Å². The summed E-state index contributed by atoms with van der Waals surface area (Å²) in [7, 11) is 3.09. The first-order valence-electron chi connectivity index (χ1n) is 19.2. The molecule has 0 bridgehead atoms. The van der Waals surface area contributed by atoms with Crippen molar-refractivity contribution in [2.24, 2.45) is 0 Å². The SMILES string of the molecule is CCCC(=O)NC(COCCC(=O)NCCC=O)(COCCC(=O)NCCC(=O)Nc1ccc(OC)cc1)COCCC(=O)NCCC(=O)Nc1ccc(OC)cc1. The average molecular weight is 815 g/mol. The van der Waals surface area contributed by atoms with Crippen LogP contribution in [0.15, 0.2) is 48.5 Å². The number of hydrogen-bond donors (Lipinski definition) is 6. The van der Waals surface area contributed by atoms with Crippen LogP contribution >= 0.6 is 0 Å². The van der Waals surface area contributed by atoms with Crippen LogP contribution in [0.5, 0.6) is 11.5 Å². The summed E-state index contributed by atoms with van der Waals surface area (Å²) in [5, 5.41) is 16.4. The summed E-state index contributed by atoms with van der Waals surface area (Å²) in [6.45, 7) is 1.76. The van der Waals surface area contributed by atoms with E-state index in [9.17, 15) is 33.6 Å². The largest absolute Gasteiger partial charge is 0.497 e. The molecule has 0 atom stereocenters. The lowest BCUT2D eigenvalue weighted by Crippen LogP contribution is -2.58. The number of methoxy groups -OCH3 is 2. The topological polar surface area (TPSA) is 238 Å². The van der Waals surface area contributed by atoms with Crippen molar-refractivity contribution in [3.8, 4) is 11.5 Å². The number of carbonyl (C=O) groups is 7. The van der Waals surface area contributed by atoms with Gasteiger partial charge in [0.15, 0.2) is 0 Å². The minimum Gasteiger partial charge on any atom is -0.497 e. The normalized spacial score (nSPS) is 10.8. The third-order valence-electron chi connectivity index (χ3n) is 8.12. The zero-order chi connectivity index (χ0) is 42.4. The molecule has 320 valence electrons. The summed E-state index contributed by atoms with van der Waals surface area (Å²) in [6, 6.07) is 13.7. The van der Waals surface area contributed by atoms with Gasteiger partial charge in [0.05, 0.1) is 53.9 Å². The van der Waals surface area contributed by atoms with Crippen molar-refractivity contribution in [2.45, 2.75) is 63.8 Å². The highest BCUT2D eigenvalue weighted by atomic mass is 16.5. The van der Waals surface area contributed by atoms with Crippen molar-refractivity contribution >= 4 is 53.1 Å². The third-order valence-corrected chi connectivity index (χ3v) is 8.12. The minimum atomic E-state index is -1.26. The van der Waals surface area contributed by atoms with E-state index in [0.717, 1.165) is 0 Å². The molecule has 6 N–H and O–H groups in total. The quantitative estimate of drug-likeness (QED) is 0.0473. The van der Waals surface area contributed by atoms with E-state index < -0.39 is 5.54 Å². The van der Waals surface area contributed by atoms with Crippen LogP contribution < -0.4 is 41.4 Å². The maximum atomic E-state index is 12.9. The van der Waals surface area contributed by atoms with E-state index in [2.05, 4.69) is 31.9 Å². The Kier molecular flexibility index (Phi) is 24.1. The summed E-state index contributed by atoms with van der Waals surface area (Å²) < 4.78 is 27.8. The molecule has 0 aliphatic rings. The van der Waals surface area contributed by atoms with Gasteiger partial charge in [-0.1, -0.05) is 6.92 Å². The van der Waals surface area contributed by atoms with Crippen LogP contribution in [0.4, 0.5) is 11.4 Å². The van der Waals surface area contributed by atoms with E-state index in [-0.39, 0.29) is 140 Å².